The molecule has 0 aliphatic rings. The van der Waals surface area contributed by atoms with Gasteiger partial charge in [0, 0.05) is 12.2 Å². The van der Waals surface area contributed by atoms with Crippen LogP contribution in [0.25, 0.3) is 0 Å². The number of amidine groups is 1. The maximum Gasteiger partial charge on any atom is 0.170 e. The highest BCUT2D eigenvalue weighted by atomic mass is 16.5. The molecular weight excluding hydrogens is 268 g/mol. The van der Waals surface area contributed by atoms with Crippen molar-refractivity contribution >= 4 is 5.84 Å². The number of nitrogens with two attached hydrogens (primary N) is 1. The molecule has 0 aromatic heterocycles. The van der Waals surface area contributed by atoms with Gasteiger partial charge in [0.2, 0.25) is 0 Å². The van der Waals surface area contributed by atoms with Gasteiger partial charge in [-0.05, 0) is 29.7 Å². The Labute approximate surface area is 123 Å². The fraction of sp³-hybridized carbons (Fsp3) is 0.188. The zero-order valence-electron chi connectivity index (χ0n) is 11.6. The Morgan fingerprint density at radius 3 is 2.19 bits per heavy atom. The number of ether oxygens (including phenoxy) is 1. The lowest BCUT2D eigenvalue weighted by atomic mass is 10.1. The quantitative estimate of drug-likeness (QED) is 0.327. The summed E-state index contributed by atoms with van der Waals surface area (Å²) in [7, 11) is 0. The standard InChI is InChI=1S/C16H18N2O3/c17-16(18-20)14-5-1-13(2-6-14)11-21-15-7-3-12(4-8-15)9-10-19/h1-8,19-20H,9-11H2,(H2,17,18). The third-order valence-corrected chi connectivity index (χ3v) is 3.09. The Hall–Kier alpha value is -2.53. The van der Waals surface area contributed by atoms with Gasteiger partial charge in [0.25, 0.3) is 0 Å². The van der Waals surface area contributed by atoms with Crippen molar-refractivity contribution in [3.8, 4) is 5.75 Å². The lowest BCUT2D eigenvalue weighted by molar-refractivity contribution is 0.298. The average molecular weight is 286 g/mol. The molecule has 5 nitrogen and oxygen atoms in total. The molecule has 2 aromatic rings. The number of hydrogen-bond acceptors (Lipinski definition) is 4. The van der Waals surface area contributed by atoms with Gasteiger partial charge < -0.3 is 20.8 Å². The molecule has 4 N–H and O–H groups in total. The second-order valence-electron chi connectivity index (χ2n) is 4.59. The summed E-state index contributed by atoms with van der Waals surface area (Å²) >= 11 is 0. The number of benzene rings is 2. The number of aliphatic hydroxyl groups excluding tert-OH is 1. The summed E-state index contributed by atoms with van der Waals surface area (Å²) in [6.45, 7) is 0.586. The Kier molecular flexibility index (Phi) is 5.17. The van der Waals surface area contributed by atoms with E-state index < -0.39 is 0 Å². The van der Waals surface area contributed by atoms with Crippen molar-refractivity contribution in [2.75, 3.05) is 6.61 Å². The van der Waals surface area contributed by atoms with Crippen LogP contribution in [0.15, 0.2) is 53.7 Å². The second kappa shape index (κ2) is 7.31. The number of rotatable bonds is 6. The molecule has 0 saturated carbocycles. The van der Waals surface area contributed by atoms with Crippen LogP contribution in [0.2, 0.25) is 0 Å². The number of oxime groups is 1. The van der Waals surface area contributed by atoms with Crippen molar-refractivity contribution in [1.82, 2.24) is 0 Å². The van der Waals surface area contributed by atoms with Crippen LogP contribution in [0.5, 0.6) is 5.75 Å². The fourth-order valence-electron chi connectivity index (χ4n) is 1.88. The normalized spacial score (nSPS) is 11.4. The van der Waals surface area contributed by atoms with Gasteiger partial charge in [-0.25, -0.2) is 0 Å². The second-order valence-corrected chi connectivity index (χ2v) is 4.59. The van der Waals surface area contributed by atoms with Gasteiger partial charge in [-0.15, -0.1) is 0 Å². The minimum atomic E-state index is 0.0851. The first-order valence-corrected chi connectivity index (χ1v) is 6.62. The van der Waals surface area contributed by atoms with Crippen molar-refractivity contribution < 1.29 is 15.1 Å². The molecule has 5 heteroatoms. The van der Waals surface area contributed by atoms with E-state index in [1.165, 1.54) is 0 Å². The third-order valence-electron chi connectivity index (χ3n) is 3.09. The van der Waals surface area contributed by atoms with E-state index in [1.807, 2.05) is 36.4 Å². The minimum absolute atomic E-state index is 0.0851. The largest absolute Gasteiger partial charge is 0.489 e. The van der Waals surface area contributed by atoms with Gasteiger partial charge in [0.05, 0.1) is 0 Å². The van der Waals surface area contributed by atoms with Crippen molar-refractivity contribution in [3.63, 3.8) is 0 Å². The minimum Gasteiger partial charge on any atom is -0.489 e. The number of hydrogen-bond donors (Lipinski definition) is 3. The van der Waals surface area contributed by atoms with Gasteiger partial charge in [0.15, 0.2) is 5.84 Å². The summed E-state index contributed by atoms with van der Waals surface area (Å²) in [4.78, 5) is 0. The first-order valence-electron chi connectivity index (χ1n) is 6.62. The molecule has 2 aromatic carbocycles. The van der Waals surface area contributed by atoms with Crippen molar-refractivity contribution in [1.29, 1.82) is 0 Å². The van der Waals surface area contributed by atoms with Gasteiger partial charge >= 0.3 is 0 Å². The van der Waals surface area contributed by atoms with E-state index in [2.05, 4.69) is 5.16 Å². The predicted molar refractivity (Wildman–Crippen MR) is 80.5 cm³/mol. The fourth-order valence-corrected chi connectivity index (χ4v) is 1.88. The third kappa shape index (κ3) is 4.22. The Balaban J connectivity index is 1.93. The molecule has 0 heterocycles. The topological polar surface area (TPSA) is 88.1 Å². The van der Waals surface area contributed by atoms with Crippen LogP contribution in [0.3, 0.4) is 0 Å². The number of nitrogens with zero attached hydrogens (tertiary/aromatic N) is 1. The summed E-state index contributed by atoms with van der Waals surface area (Å²) in [5, 5.41) is 20.4. The van der Waals surface area contributed by atoms with Gasteiger partial charge in [-0.1, -0.05) is 41.6 Å². The molecule has 110 valence electrons. The molecule has 0 radical (unpaired) electrons. The highest BCUT2D eigenvalue weighted by molar-refractivity contribution is 5.96. The monoisotopic (exact) mass is 286 g/mol. The predicted octanol–water partition coefficient (Wildman–Crippen LogP) is 1.89. The molecule has 0 fully saturated rings. The Bertz CT molecular complexity index is 592. The zero-order valence-corrected chi connectivity index (χ0v) is 11.6. The van der Waals surface area contributed by atoms with Gasteiger partial charge in [-0.3, -0.25) is 0 Å². The first-order chi connectivity index (χ1) is 10.2. The average Bonchev–Trinajstić information content (AvgIpc) is 2.54. The summed E-state index contributed by atoms with van der Waals surface area (Å²) in [5.41, 5.74) is 8.23. The molecule has 0 bridgehead atoms. The molecule has 0 unspecified atom stereocenters. The van der Waals surface area contributed by atoms with Crippen LogP contribution in [0, 0.1) is 0 Å². The van der Waals surface area contributed by atoms with Crippen molar-refractivity contribution in [2.24, 2.45) is 10.9 Å². The molecule has 0 aliphatic carbocycles. The van der Waals surface area contributed by atoms with Crippen LogP contribution in [0.4, 0.5) is 0 Å². The molecule has 0 aliphatic heterocycles. The molecule has 0 spiro atoms. The molecule has 0 amide bonds. The van der Waals surface area contributed by atoms with Crippen LogP contribution in [0.1, 0.15) is 16.7 Å². The first kappa shape index (κ1) is 14.9. The van der Waals surface area contributed by atoms with E-state index in [9.17, 15) is 0 Å². The molecular formula is C16H18N2O3. The van der Waals surface area contributed by atoms with E-state index in [0.29, 0.717) is 18.6 Å². The van der Waals surface area contributed by atoms with Crippen molar-refractivity contribution in [3.05, 3.63) is 65.2 Å². The van der Waals surface area contributed by atoms with Crippen LogP contribution in [-0.2, 0) is 13.0 Å². The Morgan fingerprint density at radius 2 is 1.62 bits per heavy atom. The highest BCUT2D eigenvalue weighted by Gasteiger charge is 2.00. The smallest absolute Gasteiger partial charge is 0.170 e. The lowest BCUT2D eigenvalue weighted by Gasteiger charge is -2.08. The van der Waals surface area contributed by atoms with E-state index in [-0.39, 0.29) is 12.4 Å². The van der Waals surface area contributed by atoms with Crippen LogP contribution < -0.4 is 10.5 Å². The van der Waals surface area contributed by atoms with E-state index in [1.54, 1.807) is 12.1 Å². The summed E-state index contributed by atoms with van der Waals surface area (Å²) in [6.07, 6.45) is 0.648. The molecule has 0 atom stereocenters. The molecule has 2 rings (SSSR count). The maximum atomic E-state index is 8.86. The van der Waals surface area contributed by atoms with Crippen LogP contribution in [-0.4, -0.2) is 22.8 Å². The van der Waals surface area contributed by atoms with E-state index in [0.717, 1.165) is 16.9 Å². The summed E-state index contributed by atoms with van der Waals surface area (Å²) in [6, 6.07) is 14.9. The van der Waals surface area contributed by atoms with Gasteiger partial charge in [0.1, 0.15) is 12.4 Å². The van der Waals surface area contributed by atoms with E-state index >= 15 is 0 Å². The van der Waals surface area contributed by atoms with E-state index in [4.69, 9.17) is 20.8 Å². The molecule has 0 saturated heterocycles. The Morgan fingerprint density at radius 1 is 1.00 bits per heavy atom. The van der Waals surface area contributed by atoms with Crippen molar-refractivity contribution in [2.45, 2.75) is 13.0 Å². The number of aliphatic hydroxyl groups is 1. The summed E-state index contributed by atoms with van der Waals surface area (Å²) < 4.78 is 5.68. The molecule has 21 heavy (non-hydrogen) atoms. The summed E-state index contributed by atoms with van der Waals surface area (Å²) in [5.74, 6) is 0.860. The highest BCUT2D eigenvalue weighted by Crippen LogP contribution is 2.15. The van der Waals surface area contributed by atoms with Gasteiger partial charge in [-0.2, -0.15) is 0 Å². The lowest BCUT2D eigenvalue weighted by Crippen LogP contribution is -2.12. The van der Waals surface area contributed by atoms with Crippen LogP contribution >= 0.6 is 0 Å². The maximum absolute atomic E-state index is 8.86. The SMILES string of the molecule is N/C(=N/O)c1ccc(COc2ccc(CCO)cc2)cc1. The zero-order chi connectivity index (χ0) is 15.1.